The molecule has 0 bridgehead atoms. The number of rotatable bonds is 5. The fraction of sp³-hybridized carbons (Fsp3) is 0.538. The summed E-state index contributed by atoms with van der Waals surface area (Å²) in [6, 6.07) is 4.90. The number of aryl methyl sites for hydroxylation is 1. The average Bonchev–Trinajstić information content (AvgIpc) is 2.20. The number of nitrogens with two attached hydrogens (primary N) is 1. The second kappa shape index (κ2) is 5.28. The molecule has 2 rings (SSSR count). The smallest absolute Gasteiger partial charge is 0.240 e. The first-order valence-electron chi connectivity index (χ1n) is 6.34. The number of sulfonamides is 1. The summed E-state index contributed by atoms with van der Waals surface area (Å²) >= 11 is 0. The summed E-state index contributed by atoms with van der Waals surface area (Å²) in [5.74, 6) is 0.704. The second-order valence-electron chi connectivity index (χ2n) is 5.06. The number of benzene rings is 1. The van der Waals surface area contributed by atoms with Crippen molar-refractivity contribution in [3.8, 4) is 0 Å². The first kappa shape index (κ1) is 13.4. The Morgan fingerprint density at radius 2 is 2.06 bits per heavy atom. The van der Waals surface area contributed by atoms with Crippen molar-refractivity contribution in [2.45, 2.75) is 37.5 Å². The van der Waals surface area contributed by atoms with Gasteiger partial charge in [0.2, 0.25) is 10.0 Å². The van der Waals surface area contributed by atoms with Crippen molar-refractivity contribution in [2.75, 3.05) is 12.3 Å². The SMILES string of the molecule is Cc1cc(N)cc(S(=O)(=O)NCCC2CCC2)c1. The van der Waals surface area contributed by atoms with Crippen molar-refractivity contribution in [3.63, 3.8) is 0 Å². The molecule has 0 saturated heterocycles. The van der Waals surface area contributed by atoms with E-state index in [0.29, 0.717) is 18.2 Å². The fourth-order valence-electron chi connectivity index (χ4n) is 2.19. The Morgan fingerprint density at radius 1 is 1.33 bits per heavy atom. The maximum atomic E-state index is 12.1. The molecule has 1 aromatic rings. The molecule has 3 N–H and O–H groups in total. The van der Waals surface area contributed by atoms with Crippen molar-refractivity contribution in [1.82, 2.24) is 4.72 Å². The van der Waals surface area contributed by atoms with Crippen molar-refractivity contribution in [1.29, 1.82) is 0 Å². The van der Waals surface area contributed by atoms with Gasteiger partial charge < -0.3 is 5.73 Å². The predicted molar refractivity (Wildman–Crippen MR) is 72.7 cm³/mol. The molecule has 1 aliphatic carbocycles. The number of nitrogens with one attached hydrogen (secondary N) is 1. The Kier molecular flexibility index (Phi) is 3.92. The van der Waals surface area contributed by atoms with Crippen LogP contribution in [0.4, 0.5) is 5.69 Å². The lowest BCUT2D eigenvalue weighted by atomic mass is 9.83. The van der Waals surface area contributed by atoms with Crippen LogP contribution in [0.2, 0.25) is 0 Å². The van der Waals surface area contributed by atoms with E-state index in [4.69, 9.17) is 5.73 Å². The monoisotopic (exact) mass is 268 g/mol. The van der Waals surface area contributed by atoms with E-state index in [1.165, 1.54) is 25.3 Å². The summed E-state index contributed by atoms with van der Waals surface area (Å²) in [5, 5.41) is 0. The molecule has 1 aliphatic rings. The molecule has 100 valence electrons. The Bertz CT molecular complexity index is 502. The molecule has 1 aromatic carbocycles. The molecule has 1 saturated carbocycles. The summed E-state index contributed by atoms with van der Waals surface area (Å²) in [6.45, 7) is 2.35. The van der Waals surface area contributed by atoms with E-state index in [-0.39, 0.29) is 4.90 Å². The standard InChI is InChI=1S/C13H20N2O2S/c1-10-7-12(14)9-13(8-10)18(16,17)15-6-5-11-3-2-4-11/h7-9,11,15H,2-6,14H2,1H3. The first-order valence-corrected chi connectivity index (χ1v) is 7.82. The Hall–Kier alpha value is -1.07. The van der Waals surface area contributed by atoms with Gasteiger partial charge in [0.05, 0.1) is 4.90 Å². The zero-order chi connectivity index (χ0) is 13.2. The molecule has 0 heterocycles. The molecule has 0 aromatic heterocycles. The quantitative estimate of drug-likeness (QED) is 0.803. The number of hydrogen-bond donors (Lipinski definition) is 2. The second-order valence-corrected chi connectivity index (χ2v) is 6.83. The van der Waals surface area contributed by atoms with Crippen LogP contribution in [0.5, 0.6) is 0 Å². The van der Waals surface area contributed by atoms with Crippen molar-refractivity contribution < 1.29 is 8.42 Å². The normalized spacial score (nSPS) is 16.5. The molecule has 0 spiro atoms. The minimum absolute atomic E-state index is 0.258. The van der Waals surface area contributed by atoms with Gasteiger partial charge in [0.25, 0.3) is 0 Å². The Morgan fingerprint density at radius 3 is 2.61 bits per heavy atom. The predicted octanol–water partition coefficient (Wildman–Crippen LogP) is 2.05. The van der Waals surface area contributed by atoms with Gasteiger partial charge in [-0.3, -0.25) is 0 Å². The minimum Gasteiger partial charge on any atom is -0.399 e. The van der Waals surface area contributed by atoms with Gasteiger partial charge in [0.1, 0.15) is 0 Å². The summed E-state index contributed by atoms with van der Waals surface area (Å²) < 4.78 is 26.8. The first-order chi connectivity index (χ1) is 8.47. The topological polar surface area (TPSA) is 72.2 Å². The fourth-order valence-corrected chi connectivity index (χ4v) is 3.38. The molecule has 0 atom stereocenters. The zero-order valence-corrected chi connectivity index (χ0v) is 11.5. The lowest BCUT2D eigenvalue weighted by Gasteiger charge is -2.25. The molecule has 4 nitrogen and oxygen atoms in total. The van der Waals surface area contributed by atoms with Crippen LogP contribution >= 0.6 is 0 Å². The van der Waals surface area contributed by atoms with Crippen molar-refractivity contribution in [2.24, 2.45) is 5.92 Å². The molecule has 1 fully saturated rings. The lowest BCUT2D eigenvalue weighted by molar-refractivity contribution is 0.297. The summed E-state index contributed by atoms with van der Waals surface area (Å²) in [6.07, 6.45) is 4.69. The van der Waals surface area contributed by atoms with Gasteiger partial charge in [-0.1, -0.05) is 19.3 Å². The third-order valence-electron chi connectivity index (χ3n) is 3.45. The van der Waals surface area contributed by atoms with Crippen LogP contribution in [0.25, 0.3) is 0 Å². The van der Waals surface area contributed by atoms with Gasteiger partial charge in [-0.2, -0.15) is 0 Å². The van der Waals surface area contributed by atoms with E-state index in [1.54, 1.807) is 12.1 Å². The maximum Gasteiger partial charge on any atom is 0.240 e. The highest BCUT2D eigenvalue weighted by atomic mass is 32.2. The molecule has 18 heavy (non-hydrogen) atoms. The zero-order valence-electron chi connectivity index (χ0n) is 10.6. The molecule has 0 radical (unpaired) electrons. The summed E-state index contributed by atoms with van der Waals surface area (Å²) in [7, 11) is -3.42. The number of hydrogen-bond acceptors (Lipinski definition) is 3. The minimum atomic E-state index is -3.42. The number of nitrogen functional groups attached to an aromatic ring is 1. The molecule has 0 aliphatic heterocycles. The van der Waals surface area contributed by atoms with Gasteiger partial charge in [0.15, 0.2) is 0 Å². The lowest BCUT2D eigenvalue weighted by Crippen LogP contribution is -2.27. The third kappa shape index (κ3) is 3.23. The van der Waals surface area contributed by atoms with Gasteiger partial charge in [-0.05, 0) is 43.0 Å². The molecular formula is C13H20N2O2S. The largest absolute Gasteiger partial charge is 0.399 e. The van der Waals surface area contributed by atoms with Gasteiger partial charge in [-0.25, -0.2) is 13.1 Å². The summed E-state index contributed by atoms with van der Waals surface area (Å²) in [4.78, 5) is 0.258. The van der Waals surface area contributed by atoms with E-state index in [0.717, 1.165) is 12.0 Å². The average molecular weight is 268 g/mol. The number of anilines is 1. The summed E-state index contributed by atoms with van der Waals surface area (Å²) in [5.41, 5.74) is 7.01. The maximum absolute atomic E-state index is 12.1. The highest BCUT2D eigenvalue weighted by Crippen LogP contribution is 2.28. The van der Waals surface area contributed by atoms with Crippen LogP contribution in [-0.2, 0) is 10.0 Å². The van der Waals surface area contributed by atoms with Gasteiger partial charge in [-0.15, -0.1) is 0 Å². The highest BCUT2D eigenvalue weighted by molar-refractivity contribution is 7.89. The van der Waals surface area contributed by atoms with Gasteiger partial charge >= 0.3 is 0 Å². The highest BCUT2D eigenvalue weighted by Gasteiger charge is 2.19. The Labute approximate surface area is 109 Å². The molecule has 0 unspecified atom stereocenters. The van der Waals surface area contributed by atoms with E-state index in [1.807, 2.05) is 6.92 Å². The van der Waals surface area contributed by atoms with Crippen LogP contribution in [-0.4, -0.2) is 15.0 Å². The Balaban J connectivity index is 2.00. The van der Waals surface area contributed by atoms with E-state index in [9.17, 15) is 8.42 Å². The van der Waals surface area contributed by atoms with Crippen LogP contribution in [0.1, 0.15) is 31.2 Å². The third-order valence-corrected chi connectivity index (χ3v) is 4.89. The van der Waals surface area contributed by atoms with Crippen LogP contribution in [0, 0.1) is 12.8 Å². The van der Waals surface area contributed by atoms with Crippen LogP contribution in [0.15, 0.2) is 23.1 Å². The van der Waals surface area contributed by atoms with Crippen LogP contribution in [0.3, 0.4) is 0 Å². The van der Waals surface area contributed by atoms with E-state index in [2.05, 4.69) is 4.72 Å². The van der Waals surface area contributed by atoms with E-state index < -0.39 is 10.0 Å². The molecule has 0 amide bonds. The van der Waals surface area contributed by atoms with E-state index >= 15 is 0 Å². The van der Waals surface area contributed by atoms with Crippen LogP contribution < -0.4 is 10.5 Å². The molecular weight excluding hydrogens is 248 g/mol. The molecule has 5 heteroatoms. The van der Waals surface area contributed by atoms with Crippen molar-refractivity contribution in [3.05, 3.63) is 23.8 Å². The van der Waals surface area contributed by atoms with Crippen molar-refractivity contribution >= 4 is 15.7 Å². The van der Waals surface area contributed by atoms with Gasteiger partial charge in [0, 0.05) is 12.2 Å².